The third kappa shape index (κ3) is 3.14. The van der Waals surface area contributed by atoms with Gasteiger partial charge in [0.05, 0.1) is 6.54 Å². The molecule has 1 heterocycles. The van der Waals surface area contributed by atoms with Gasteiger partial charge in [0, 0.05) is 4.47 Å². The molecule has 3 rings (SSSR count). The second-order valence-electron chi connectivity index (χ2n) is 5.68. The fourth-order valence-electron chi connectivity index (χ4n) is 2.65. The van der Waals surface area contributed by atoms with Crippen LogP contribution >= 0.6 is 15.9 Å². The van der Waals surface area contributed by atoms with Crippen LogP contribution in [0.3, 0.4) is 0 Å². The van der Waals surface area contributed by atoms with Crippen molar-refractivity contribution in [2.75, 3.05) is 13.2 Å². The highest BCUT2D eigenvalue weighted by Gasteiger charge is 2.48. The maximum Gasteiger partial charge on any atom is 0.325 e. The summed E-state index contributed by atoms with van der Waals surface area (Å²) in [5.74, 6) is 0.437. The zero-order chi connectivity index (χ0) is 17.2. The first-order valence-corrected chi connectivity index (χ1v) is 8.38. The van der Waals surface area contributed by atoms with Crippen molar-refractivity contribution in [2.24, 2.45) is 0 Å². The highest BCUT2D eigenvalue weighted by atomic mass is 79.9. The van der Waals surface area contributed by atoms with Crippen molar-refractivity contribution in [3.05, 3.63) is 64.6 Å². The number of halogens is 1. The summed E-state index contributed by atoms with van der Waals surface area (Å²) in [5, 5.41) is 2.78. The summed E-state index contributed by atoms with van der Waals surface area (Å²) in [6.07, 6.45) is 0. The Labute approximate surface area is 148 Å². The van der Waals surface area contributed by atoms with Gasteiger partial charge < -0.3 is 10.1 Å². The average Bonchev–Trinajstić information content (AvgIpc) is 2.80. The van der Waals surface area contributed by atoms with E-state index in [1.165, 1.54) is 4.90 Å². The predicted octanol–water partition coefficient (Wildman–Crippen LogP) is 3.30. The Balaban J connectivity index is 1.68. The van der Waals surface area contributed by atoms with E-state index in [-0.39, 0.29) is 19.1 Å². The lowest BCUT2D eigenvalue weighted by Gasteiger charge is -2.22. The van der Waals surface area contributed by atoms with E-state index in [1.807, 2.05) is 54.6 Å². The van der Waals surface area contributed by atoms with E-state index in [4.69, 9.17) is 4.74 Å². The molecule has 0 aromatic heterocycles. The summed E-state index contributed by atoms with van der Waals surface area (Å²) in [5.41, 5.74) is -0.305. The Bertz CT molecular complexity index is 749. The van der Waals surface area contributed by atoms with Gasteiger partial charge in [0.15, 0.2) is 0 Å². The van der Waals surface area contributed by atoms with Gasteiger partial charge in [-0.25, -0.2) is 4.79 Å². The maximum absolute atomic E-state index is 12.7. The zero-order valence-corrected chi connectivity index (χ0v) is 14.7. The standard InChI is InChI=1S/C18H17BrN2O3/c1-18(13-7-9-14(19)10-8-13)16(22)21(17(23)20-18)11-12-24-15-5-3-2-4-6-15/h2-10H,11-12H2,1H3,(H,20,23). The van der Waals surface area contributed by atoms with Gasteiger partial charge in [-0.15, -0.1) is 0 Å². The minimum Gasteiger partial charge on any atom is -0.492 e. The third-order valence-electron chi connectivity index (χ3n) is 4.02. The number of hydrogen-bond donors (Lipinski definition) is 1. The van der Waals surface area contributed by atoms with Crippen LogP contribution in [0.2, 0.25) is 0 Å². The van der Waals surface area contributed by atoms with Crippen molar-refractivity contribution >= 4 is 27.9 Å². The number of carbonyl (C=O) groups is 2. The summed E-state index contributed by atoms with van der Waals surface area (Å²) in [4.78, 5) is 26.2. The number of nitrogens with zero attached hydrogens (tertiary/aromatic N) is 1. The Morgan fingerprint density at radius 2 is 1.75 bits per heavy atom. The monoisotopic (exact) mass is 388 g/mol. The largest absolute Gasteiger partial charge is 0.492 e. The molecule has 2 aromatic carbocycles. The molecule has 1 fully saturated rings. The second kappa shape index (κ2) is 6.65. The van der Waals surface area contributed by atoms with Crippen LogP contribution < -0.4 is 10.1 Å². The van der Waals surface area contributed by atoms with Crippen LogP contribution in [0.4, 0.5) is 4.79 Å². The lowest BCUT2D eigenvalue weighted by Crippen LogP contribution is -2.41. The third-order valence-corrected chi connectivity index (χ3v) is 4.55. The molecule has 2 aromatic rings. The molecule has 1 aliphatic rings. The van der Waals surface area contributed by atoms with Crippen LogP contribution in [0.25, 0.3) is 0 Å². The molecule has 3 amide bonds. The molecule has 0 radical (unpaired) electrons. The summed E-state index contributed by atoms with van der Waals surface area (Å²) < 4.78 is 6.49. The van der Waals surface area contributed by atoms with Gasteiger partial charge >= 0.3 is 6.03 Å². The molecule has 1 unspecified atom stereocenters. The van der Waals surface area contributed by atoms with Crippen molar-refractivity contribution in [1.82, 2.24) is 10.2 Å². The van der Waals surface area contributed by atoms with Gasteiger partial charge in [-0.2, -0.15) is 0 Å². The highest BCUT2D eigenvalue weighted by molar-refractivity contribution is 9.10. The minimum absolute atomic E-state index is 0.200. The molecule has 0 saturated carbocycles. The summed E-state index contributed by atoms with van der Waals surface area (Å²) in [7, 11) is 0. The first kappa shape index (κ1) is 16.5. The van der Waals surface area contributed by atoms with Gasteiger partial charge in [-0.05, 0) is 36.8 Å². The molecule has 5 nitrogen and oxygen atoms in total. The first-order chi connectivity index (χ1) is 11.5. The predicted molar refractivity (Wildman–Crippen MR) is 93.7 cm³/mol. The number of urea groups is 1. The van der Waals surface area contributed by atoms with Crippen LogP contribution in [-0.2, 0) is 10.3 Å². The van der Waals surface area contributed by atoms with Crippen molar-refractivity contribution in [2.45, 2.75) is 12.5 Å². The molecule has 124 valence electrons. The smallest absolute Gasteiger partial charge is 0.325 e. The molecule has 1 saturated heterocycles. The molecule has 0 aliphatic carbocycles. The maximum atomic E-state index is 12.7. The molecule has 1 N–H and O–H groups in total. The Kier molecular flexibility index (Phi) is 4.57. The van der Waals surface area contributed by atoms with Crippen LogP contribution in [0.15, 0.2) is 59.1 Å². The van der Waals surface area contributed by atoms with Gasteiger partial charge in [-0.3, -0.25) is 9.69 Å². The van der Waals surface area contributed by atoms with Crippen LogP contribution in [0.5, 0.6) is 5.75 Å². The minimum atomic E-state index is -1.05. The molecule has 0 spiro atoms. The summed E-state index contributed by atoms with van der Waals surface area (Å²) >= 11 is 3.37. The van der Waals surface area contributed by atoms with E-state index in [9.17, 15) is 9.59 Å². The van der Waals surface area contributed by atoms with Gasteiger partial charge in [-0.1, -0.05) is 46.3 Å². The number of hydrogen-bond acceptors (Lipinski definition) is 3. The van der Waals surface area contributed by atoms with E-state index in [1.54, 1.807) is 6.92 Å². The average molecular weight is 389 g/mol. The molecule has 1 aliphatic heterocycles. The van der Waals surface area contributed by atoms with E-state index in [2.05, 4.69) is 21.2 Å². The van der Waals surface area contributed by atoms with Gasteiger partial charge in [0.2, 0.25) is 0 Å². The molecule has 6 heteroatoms. The summed E-state index contributed by atoms with van der Waals surface area (Å²) in [6.45, 7) is 2.17. The topological polar surface area (TPSA) is 58.6 Å². The molecule has 24 heavy (non-hydrogen) atoms. The van der Waals surface area contributed by atoms with E-state index in [0.29, 0.717) is 5.75 Å². The molecule has 0 bridgehead atoms. The van der Waals surface area contributed by atoms with E-state index >= 15 is 0 Å². The Morgan fingerprint density at radius 3 is 2.42 bits per heavy atom. The van der Waals surface area contributed by atoms with Crippen molar-refractivity contribution < 1.29 is 14.3 Å². The summed E-state index contributed by atoms with van der Waals surface area (Å²) in [6, 6.07) is 16.2. The first-order valence-electron chi connectivity index (χ1n) is 7.59. The van der Waals surface area contributed by atoms with Crippen LogP contribution in [-0.4, -0.2) is 30.0 Å². The zero-order valence-electron chi connectivity index (χ0n) is 13.2. The van der Waals surface area contributed by atoms with Crippen molar-refractivity contribution in [3.63, 3.8) is 0 Å². The number of para-hydroxylation sites is 1. The molecular formula is C18H17BrN2O3. The van der Waals surface area contributed by atoms with Crippen molar-refractivity contribution in [1.29, 1.82) is 0 Å². The number of imide groups is 1. The number of rotatable bonds is 5. The van der Waals surface area contributed by atoms with Crippen molar-refractivity contribution in [3.8, 4) is 5.75 Å². The van der Waals surface area contributed by atoms with Gasteiger partial charge in [0.25, 0.3) is 5.91 Å². The lowest BCUT2D eigenvalue weighted by atomic mass is 9.92. The fourth-order valence-corrected chi connectivity index (χ4v) is 2.91. The molecular weight excluding hydrogens is 372 g/mol. The van der Waals surface area contributed by atoms with E-state index in [0.717, 1.165) is 10.0 Å². The number of carbonyl (C=O) groups excluding carboxylic acids is 2. The second-order valence-corrected chi connectivity index (χ2v) is 6.60. The Morgan fingerprint density at radius 1 is 1.08 bits per heavy atom. The van der Waals surface area contributed by atoms with E-state index < -0.39 is 11.6 Å². The SMILES string of the molecule is CC1(c2ccc(Br)cc2)NC(=O)N(CCOc2ccccc2)C1=O. The molecule has 1 atom stereocenters. The fraction of sp³-hybridized carbons (Fsp3) is 0.222. The Hall–Kier alpha value is -2.34. The highest BCUT2D eigenvalue weighted by Crippen LogP contribution is 2.29. The van der Waals surface area contributed by atoms with Crippen LogP contribution in [0.1, 0.15) is 12.5 Å². The normalized spacial score (nSPS) is 20.2. The van der Waals surface area contributed by atoms with Crippen LogP contribution in [0, 0.1) is 0 Å². The number of amides is 3. The number of ether oxygens (including phenoxy) is 1. The number of nitrogens with one attached hydrogen (secondary N) is 1. The quantitative estimate of drug-likeness (QED) is 0.799. The van der Waals surface area contributed by atoms with Gasteiger partial charge in [0.1, 0.15) is 17.9 Å². The number of benzene rings is 2. The lowest BCUT2D eigenvalue weighted by molar-refractivity contribution is -0.131.